The first-order chi connectivity index (χ1) is 12.1. The standard InChI is InChI=1S/C18H24N4O2S/c1-3-8-20-9-4-6-18(16(20)24)7-5-10-22(18)15(23)14-13(2)19-17-21(14)11-12-25-17/h11-12H,3-10H2,1-2H3. The summed E-state index contributed by atoms with van der Waals surface area (Å²) in [5.74, 6) is 0.0998. The summed E-state index contributed by atoms with van der Waals surface area (Å²) in [5, 5.41) is 1.94. The molecule has 2 aromatic rings. The Kier molecular flexibility index (Phi) is 4.06. The van der Waals surface area contributed by atoms with Crippen molar-refractivity contribution in [1.29, 1.82) is 0 Å². The van der Waals surface area contributed by atoms with E-state index >= 15 is 0 Å². The van der Waals surface area contributed by atoms with Crippen molar-refractivity contribution >= 4 is 28.1 Å². The van der Waals surface area contributed by atoms with Crippen LogP contribution in [0.4, 0.5) is 0 Å². The molecule has 25 heavy (non-hydrogen) atoms. The number of carbonyl (C=O) groups is 2. The number of fused-ring (bicyclic) bond motifs is 1. The van der Waals surface area contributed by atoms with Gasteiger partial charge in [-0.25, -0.2) is 4.98 Å². The molecule has 0 saturated carbocycles. The summed E-state index contributed by atoms with van der Waals surface area (Å²) in [6.45, 7) is 6.22. The van der Waals surface area contributed by atoms with Crippen LogP contribution in [0.1, 0.15) is 55.2 Å². The van der Waals surface area contributed by atoms with Gasteiger partial charge in [0.05, 0.1) is 5.69 Å². The first-order valence-corrected chi connectivity index (χ1v) is 10.00. The van der Waals surface area contributed by atoms with Crippen LogP contribution >= 0.6 is 11.3 Å². The minimum absolute atomic E-state index is 0.0485. The second-order valence-electron chi connectivity index (χ2n) is 7.09. The molecule has 1 atom stereocenters. The maximum Gasteiger partial charge on any atom is 0.273 e. The lowest BCUT2D eigenvalue weighted by Gasteiger charge is -2.44. The molecule has 2 aliphatic heterocycles. The summed E-state index contributed by atoms with van der Waals surface area (Å²) in [4.78, 5) is 35.8. The van der Waals surface area contributed by atoms with Crippen molar-refractivity contribution in [1.82, 2.24) is 19.2 Å². The zero-order chi connectivity index (χ0) is 17.6. The topological polar surface area (TPSA) is 57.9 Å². The van der Waals surface area contributed by atoms with Gasteiger partial charge in [0.2, 0.25) is 5.91 Å². The molecule has 7 heteroatoms. The third-order valence-electron chi connectivity index (χ3n) is 5.57. The van der Waals surface area contributed by atoms with Gasteiger partial charge in [-0.15, -0.1) is 11.3 Å². The van der Waals surface area contributed by atoms with Gasteiger partial charge in [0, 0.05) is 31.2 Å². The lowest BCUT2D eigenvalue weighted by molar-refractivity contribution is -0.145. The van der Waals surface area contributed by atoms with Crippen molar-refractivity contribution < 1.29 is 9.59 Å². The fourth-order valence-corrected chi connectivity index (χ4v) is 5.24. The average molecular weight is 360 g/mol. The second kappa shape index (κ2) is 6.12. The number of amides is 2. The van der Waals surface area contributed by atoms with Gasteiger partial charge in [-0.2, -0.15) is 0 Å². The highest BCUT2D eigenvalue weighted by atomic mass is 32.1. The molecular formula is C18H24N4O2S. The number of likely N-dealkylation sites (tertiary alicyclic amines) is 2. The van der Waals surface area contributed by atoms with Crippen LogP contribution in [-0.2, 0) is 4.79 Å². The predicted octanol–water partition coefficient (Wildman–Crippen LogP) is 2.71. The molecule has 134 valence electrons. The number of aromatic nitrogens is 2. The van der Waals surface area contributed by atoms with Gasteiger partial charge in [0.15, 0.2) is 4.96 Å². The molecule has 0 N–H and O–H groups in total. The van der Waals surface area contributed by atoms with E-state index in [4.69, 9.17) is 0 Å². The fourth-order valence-electron chi connectivity index (χ4n) is 4.48. The zero-order valence-corrected chi connectivity index (χ0v) is 15.6. The molecule has 0 aliphatic carbocycles. The van der Waals surface area contributed by atoms with Crippen molar-refractivity contribution in [2.75, 3.05) is 19.6 Å². The van der Waals surface area contributed by atoms with E-state index in [0.717, 1.165) is 55.8 Å². The number of thiazole rings is 1. The Morgan fingerprint density at radius 2 is 2.08 bits per heavy atom. The second-order valence-corrected chi connectivity index (χ2v) is 7.96. The smallest absolute Gasteiger partial charge is 0.273 e. The SMILES string of the molecule is CCCN1CCCC2(CCCN2C(=O)c2c(C)nc3sccn23)C1=O. The largest absolute Gasteiger partial charge is 0.341 e. The Morgan fingerprint density at radius 3 is 2.84 bits per heavy atom. The quantitative estimate of drug-likeness (QED) is 0.846. The summed E-state index contributed by atoms with van der Waals surface area (Å²) < 4.78 is 1.87. The third-order valence-corrected chi connectivity index (χ3v) is 6.33. The lowest BCUT2D eigenvalue weighted by atomic mass is 9.85. The van der Waals surface area contributed by atoms with Crippen molar-refractivity contribution in [2.45, 2.75) is 51.5 Å². The molecule has 0 bridgehead atoms. The highest BCUT2D eigenvalue weighted by Gasteiger charge is 2.53. The van der Waals surface area contributed by atoms with Crippen LogP contribution in [0.2, 0.25) is 0 Å². The van der Waals surface area contributed by atoms with E-state index < -0.39 is 5.54 Å². The Balaban J connectivity index is 1.71. The molecule has 2 amide bonds. The summed E-state index contributed by atoms with van der Waals surface area (Å²) in [7, 11) is 0. The summed E-state index contributed by atoms with van der Waals surface area (Å²) >= 11 is 1.52. The van der Waals surface area contributed by atoms with Gasteiger partial charge in [-0.3, -0.25) is 14.0 Å². The molecular weight excluding hydrogens is 336 g/mol. The van der Waals surface area contributed by atoms with Crippen LogP contribution < -0.4 is 0 Å². The maximum absolute atomic E-state index is 13.4. The molecule has 1 spiro atoms. The van der Waals surface area contributed by atoms with Gasteiger partial charge >= 0.3 is 0 Å². The van der Waals surface area contributed by atoms with Crippen molar-refractivity contribution in [2.24, 2.45) is 0 Å². The molecule has 0 aromatic carbocycles. The van der Waals surface area contributed by atoms with Crippen LogP contribution in [0.5, 0.6) is 0 Å². The monoisotopic (exact) mass is 360 g/mol. The number of carbonyl (C=O) groups excluding carboxylic acids is 2. The van der Waals surface area contributed by atoms with Gasteiger partial charge in [0.1, 0.15) is 11.2 Å². The molecule has 4 rings (SSSR count). The van der Waals surface area contributed by atoms with Gasteiger partial charge < -0.3 is 9.80 Å². The van der Waals surface area contributed by atoms with E-state index in [1.807, 2.05) is 32.7 Å². The van der Waals surface area contributed by atoms with Crippen LogP contribution in [0.3, 0.4) is 0 Å². The minimum atomic E-state index is -0.642. The number of aryl methyl sites for hydroxylation is 1. The summed E-state index contributed by atoms with van der Waals surface area (Å²) in [6, 6.07) is 0. The van der Waals surface area contributed by atoms with E-state index in [0.29, 0.717) is 12.2 Å². The lowest BCUT2D eigenvalue weighted by Crippen LogP contribution is -2.61. The number of imidazole rings is 1. The first-order valence-electron chi connectivity index (χ1n) is 9.12. The molecule has 6 nitrogen and oxygen atoms in total. The first kappa shape index (κ1) is 16.6. The normalized spacial score (nSPS) is 24.0. The zero-order valence-electron chi connectivity index (χ0n) is 14.8. The molecule has 2 aromatic heterocycles. The van der Waals surface area contributed by atoms with E-state index in [1.54, 1.807) is 0 Å². The van der Waals surface area contributed by atoms with E-state index in [9.17, 15) is 9.59 Å². The molecule has 2 saturated heterocycles. The maximum atomic E-state index is 13.4. The van der Waals surface area contributed by atoms with E-state index in [2.05, 4.69) is 11.9 Å². The van der Waals surface area contributed by atoms with Crippen LogP contribution in [0.25, 0.3) is 4.96 Å². The predicted molar refractivity (Wildman–Crippen MR) is 96.9 cm³/mol. The Bertz CT molecular complexity index is 824. The summed E-state index contributed by atoms with van der Waals surface area (Å²) in [5.41, 5.74) is 0.711. The minimum Gasteiger partial charge on any atom is -0.341 e. The molecule has 0 radical (unpaired) electrons. The Hall–Kier alpha value is -1.89. The van der Waals surface area contributed by atoms with Crippen molar-refractivity contribution in [3.8, 4) is 0 Å². The Labute approximate surface area is 151 Å². The number of hydrogen-bond donors (Lipinski definition) is 0. The number of piperidine rings is 1. The van der Waals surface area contributed by atoms with Gasteiger partial charge in [-0.05, 0) is 39.0 Å². The summed E-state index contributed by atoms with van der Waals surface area (Å²) in [6.07, 6.45) is 6.26. The van der Waals surface area contributed by atoms with E-state index in [-0.39, 0.29) is 11.8 Å². The van der Waals surface area contributed by atoms with Gasteiger partial charge in [-0.1, -0.05) is 6.92 Å². The van der Waals surface area contributed by atoms with Crippen molar-refractivity contribution in [3.63, 3.8) is 0 Å². The van der Waals surface area contributed by atoms with Crippen LogP contribution in [-0.4, -0.2) is 56.2 Å². The van der Waals surface area contributed by atoms with E-state index in [1.165, 1.54) is 11.3 Å². The molecule has 2 fully saturated rings. The Morgan fingerprint density at radius 1 is 1.32 bits per heavy atom. The average Bonchev–Trinajstić information content (AvgIpc) is 3.26. The number of nitrogens with zero attached hydrogens (tertiary/aromatic N) is 4. The molecule has 1 unspecified atom stereocenters. The highest BCUT2D eigenvalue weighted by molar-refractivity contribution is 7.15. The van der Waals surface area contributed by atoms with Crippen molar-refractivity contribution in [3.05, 3.63) is 23.0 Å². The highest BCUT2D eigenvalue weighted by Crippen LogP contribution is 2.39. The number of hydrogen-bond acceptors (Lipinski definition) is 4. The molecule has 4 heterocycles. The third kappa shape index (κ3) is 2.39. The van der Waals surface area contributed by atoms with Crippen LogP contribution in [0.15, 0.2) is 11.6 Å². The van der Waals surface area contributed by atoms with Crippen LogP contribution in [0, 0.1) is 6.92 Å². The van der Waals surface area contributed by atoms with Gasteiger partial charge in [0.25, 0.3) is 5.91 Å². The number of rotatable bonds is 3. The molecule has 2 aliphatic rings. The fraction of sp³-hybridized carbons (Fsp3) is 0.611.